The van der Waals surface area contributed by atoms with E-state index < -0.39 is 9.84 Å². The maximum absolute atomic E-state index is 11.0. The third kappa shape index (κ3) is 2.15. The van der Waals surface area contributed by atoms with E-state index in [-0.39, 0.29) is 10.2 Å². The summed E-state index contributed by atoms with van der Waals surface area (Å²) in [5.41, 5.74) is 0. The molecule has 1 heterocycles. The number of nitrogens with zero attached hydrogens (tertiary/aromatic N) is 2. The average molecular weight is 207 g/mol. The van der Waals surface area contributed by atoms with E-state index in [0.717, 1.165) is 6.26 Å². The normalized spacial score (nSPS) is 11.6. The van der Waals surface area contributed by atoms with Crippen LogP contribution in [0.5, 0.6) is 0 Å². The van der Waals surface area contributed by atoms with E-state index in [1.54, 1.807) is 6.92 Å². The Bertz CT molecular complexity index is 382. The fourth-order valence-electron chi connectivity index (χ4n) is 0.695. The molecule has 0 radical (unpaired) electrons. The summed E-state index contributed by atoms with van der Waals surface area (Å²) in [6.07, 6.45) is 1.07. The number of sulfone groups is 1. The Kier molecular flexibility index (Phi) is 2.34. The van der Waals surface area contributed by atoms with Gasteiger partial charge in [0.1, 0.15) is 11.0 Å². The van der Waals surface area contributed by atoms with Gasteiger partial charge < -0.3 is 0 Å². The fourth-order valence-corrected chi connectivity index (χ4v) is 1.61. The molecule has 12 heavy (non-hydrogen) atoms. The third-order valence-corrected chi connectivity index (χ3v) is 2.33. The Morgan fingerprint density at radius 3 is 2.42 bits per heavy atom. The van der Waals surface area contributed by atoms with Crippen LogP contribution >= 0.6 is 11.6 Å². The molecule has 0 fully saturated rings. The first-order valence-corrected chi connectivity index (χ1v) is 5.38. The zero-order valence-electron chi connectivity index (χ0n) is 6.57. The van der Waals surface area contributed by atoms with Crippen LogP contribution in [-0.2, 0) is 9.84 Å². The monoisotopic (exact) mass is 206 g/mol. The van der Waals surface area contributed by atoms with Crippen LogP contribution in [-0.4, -0.2) is 24.6 Å². The lowest BCUT2D eigenvalue weighted by Gasteiger charge is -1.98. The SMILES string of the molecule is Cc1nc(Cl)cc(S(C)(=O)=O)n1. The molecule has 0 atom stereocenters. The van der Waals surface area contributed by atoms with Crippen LogP contribution in [0, 0.1) is 6.92 Å². The second-order valence-electron chi connectivity index (χ2n) is 2.35. The molecule has 0 aliphatic carbocycles. The van der Waals surface area contributed by atoms with Crippen LogP contribution in [0.3, 0.4) is 0 Å². The van der Waals surface area contributed by atoms with Crippen molar-refractivity contribution in [1.82, 2.24) is 9.97 Å². The number of aromatic nitrogens is 2. The van der Waals surface area contributed by atoms with Crippen LogP contribution in [0.1, 0.15) is 5.82 Å². The standard InChI is InChI=1S/C6H7ClN2O2S/c1-4-8-5(7)3-6(9-4)12(2,10)11/h3H,1-2H3. The highest BCUT2D eigenvalue weighted by Gasteiger charge is 2.10. The molecule has 0 N–H and O–H groups in total. The lowest BCUT2D eigenvalue weighted by atomic mass is 10.6. The highest BCUT2D eigenvalue weighted by atomic mass is 35.5. The highest BCUT2D eigenvalue weighted by Crippen LogP contribution is 2.11. The van der Waals surface area contributed by atoms with Gasteiger partial charge in [0.2, 0.25) is 0 Å². The molecule has 1 aromatic heterocycles. The van der Waals surface area contributed by atoms with Crippen molar-refractivity contribution in [3.05, 3.63) is 17.0 Å². The molecular formula is C6H7ClN2O2S. The molecule has 0 aliphatic heterocycles. The van der Waals surface area contributed by atoms with Gasteiger partial charge in [-0.3, -0.25) is 0 Å². The van der Waals surface area contributed by atoms with Crippen LogP contribution in [0.4, 0.5) is 0 Å². The zero-order valence-corrected chi connectivity index (χ0v) is 8.15. The van der Waals surface area contributed by atoms with Crippen LogP contribution in [0.25, 0.3) is 0 Å². The van der Waals surface area contributed by atoms with Gasteiger partial charge in [0, 0.05) is 12.3 Å². The summed E-state index contributed by atoms with van der Waals surface area (Å²) >= 11 is 5.54. The van der Waals surface area contributed by atoms with Gasteiger partial charge in [0.05, 0.1) is 0 Å². The minimum Gasteiger partial charge on any atom is -0.222 e. The summed E-state index contributed by atoms with van der Waals surface area (Å²) in [7, 11) is -3.28. The van der Waals surface area contributed by atoms with Crippen LogP contribution in [0.2, 0.25) is 5.15 Å². The van der Waals surface area contributed by atoms with Crippen LogP contribution in [0.15, 0.2) is 11.1 Å². The van der Waals surface area contributed by atoms with Gasteiger partial charge in [0.25, 0.3) is 0 Å². The summed E-state index contributed by atoms with van der Waals surface area (Å²) < 4.78 is 22.0. The van der Waals surface area contributed by atoms with Crippen molar-refractivity contribution in [1.29, 1.82) is 0 Å². The average Bonchev–Trinajstić information content (AvgIpc) is 1.82. The van der Waals surface area contributed by atoms with E-state index in [2.05, 4.69) is 9.97 Å². The Labute approximate surface area is 75.5 Å². The minimum absolute atomic E-state index is 0.0417. The first kappa shape index (κ1) is 9.41. The molecule has 0 saturated heterocycles. The molecule has 4 nitrogen and oxygen atoms in total. The maximum Gasteiger partial charge on any atom is 0.192 e. The molecule has 66 valence electrons. The predicted octanol–water partition coefficient (Wildman–Crippen LogP) is 0.842. The van der Waals surface area contributed by atoms with E-state index >= 15 is 0 Å². The van der Waals surface area contributed by atoms with E-state index in [9.17, 15) is 8.42 Å². The van der Waals surface area contributed by atoms with Crippen molar-refractivity contribution in [2.24, 2.45) is 0 Å². The smallest absolute Gasteiger partial charge is 0.192 e. The lowest BCUT2D eigenvalue weighted by molar-refractivity contribution is 0.597. The lowest BCUT2D eigenvalue weighted by Crippen LogP contribution is -2.02. The first-order valence-electron chi connectivity index (χ1n) is 3.11. The zero-order chi connectivity index (χ0) is 9.35. The van der Waals surface area contributed by atoms with Gasteiger partial charge in [-0.15, -0.1) is 0 Å². The highest BCUT2D eigenvalue weighted by molar-refractivity contribution is 7.90. The summed E-state index contributed by atoms with van der Waals surface area (Å²) in [6.45, 7) is 1.58. The van der Waals surface area contributed by atoms with E-state index in [1.807, 2.05) is 0 Å². The quantitative estimate of drug-likeness (QED) is 0.639. The molecular weight excluding hydrogens is 200 g/mol. The molecule has 0 aromatic carbocycles. The summed E-state index contributed by atoms with van der Waals surface area (Å²) in [5.74, 6) is 0.350. The molecule has 1 rings (SSSR count). The van der Waals surface area contributed by atoms with E-state index in [0.29, 0.717) is 5.82 Å². The van der Waals surface area contributed by atoms with Gasteiger partial charge in [-0.05, 0) is 6.92 Å². The van der Waals surface area contributed by atoms with Gasteiger partial charge in [0.15, 0.2) is 14.9 Å². The Hall–Kier alpha value is -0.680. The Balaban J connectivity index is 3.37. The summed E-state index contributed by atoms with van der Waals surface area (Å²) in [6, 6.07) is 1.23. The van der Waals surface area contributed by atoms with Crippen molar-refractivity contribution in [3.8, 4) is 0 Å². The number of halogens is 1. The second kappa shape index (κ2) is 2.99. The number of rotatable bonds is 1. The summed E-state index contributed by atoms with van der Waals surface area (Å²) in [5, 5.41) is 0.0999. The van der Waals surface area contributed by atoms with Crippen molar-refractivity contribution in [2.75, 3.05) is 6.26 Å². The fraction of sp³-hybridized carbons (Fsp3) is 0.333. The molecule has 0 aliphatic rings. The number of hydrogen-bond acceptors (Lipinski definition) is 4. The van der Waals surface area contributed by atoms with Crippen molar-refractivity contribution in [3.63, 3.8) is 0 Å². The topological polar surface area (TPSA) is 59.9 Å². The van der Waals surface area contributed by atoms with Gasteiger partial charge >= 0.3 is 0 Å². The molecule has 0 spiro atoms. The molecule has 0 saturated carbocycles. The predicted molar refractivity (Wildman–Crippen MR) is 44.9 cm³/mol. The second-order valence-corrected chi connectivity index (χ2v) is 4.70. The van der Waals surface area contributed by atoms with Gasteiger partial charge in [-0.25, -0.2) is 18.4 Å². The molecule has 0 unspecified atom stereocenters. The molecule has 6 heteroatoms. The van der Waals surface area contributed by atoms with E-state index in [4.69, 9.17) is 11.6 Å². The third-order valence-electron chi connectivity index (χ3n) is 1.16. The molecule has 0 amide bonds. The molecule has 0 bridgehead atoms. The summed E-state index contributed by atoms with van der Waals surface area (Å²) in [4.78, 5) is 7.46. The number of aryl methyl sites for hydroxylation is 1. The Morgan fingerprint density at radius 1 is 1.42 bits per heavy atom. The molecule has 1 aromatic rings. The van der Waals surface area contributed by atoms with Gasteiger partial charge in [-0.2, -0.15) is 0 Å². The number of hydrogen-bond donors (Lipinski definition) is 0. The van der Waals surface area contributed by atoms with Gasteiger partial charge in [-0.1, -0.05) is 11.6 Å². The van der Waals surface area contributed by atoms with Crippen LogP contribution < -0.4 is 0 Å². The minimum atomic E-state index is -3.28. The Morgan fingerprint density at radius 2 is 2.00 bits per heavy atom. The maximum atomic E-state index is 11.0. The first-order chi connectivity index (χ1) is 5.39. The van der Waals surface area contributed by atoms with Crippen molar-refractivity contribution >= 4 is 21.4 Å². The van der Waals surface area contributed by atoms with Crippen molar-refractivity contribution < 1.29 is 8.42 Å². The van der Waals surface area contributed by atoms with Crippen molar-refractivity contribution in [2.45, 2.75) is 11.9 Å². The van der Waals surface area contributed by atoms with E-state index in [1.165, 1.54) is 6.07 Å². The largest absolute Gasteiger partial charge is 0.222 e.